The first-order chi connectivity index (χ1) is 8.99. The van der Waals surface area contributed by atoms with E-state index < -0.39 is 10.8 Å². The Hall–Kier alpha value is -2.97. The first-order valence-electron chi connectivity index (χ1n) is 5.13. The standard InChI is InChI=1S/C10H9N5O4/c1-5-4-6(15(17)18)2-3-7(5)12-10(16)8-9(11)14-19-13-8/h2-4H,1H3,(H2,11,14)(H,12,16). The lowest BCUT2D eigenvalue weighted by Gasteiger charge is -2.06. The first kappa shape index (κ1) is 12.5. The van der Waals surface area contributed by atoms with Gasteiger partial charge in [0, 0.05) is 17.8 Å². The Bertz CT molecular complexity index is 651. The second kappa shape index (κ2) is 4.72. The summed E-state index contributed by atoms with van der Waals surface area (Å²) in [4.78, 5) is 21.9. The molecule has 1 heterocycles. The zero-order valence-electron chi connectivity index (χ0n) is 9.78. The van der Waals surface area contributed by atoms with Crippen LogP contribution >= 0.6 is 0 Å². The fourth-order valence-corrected chi connectivity index (χ4v) is 1.44. The lowest BCUT2D eigenvalue weighted by molar-refractivity contribution is -0.384. The average Bonchev–Trinajstić information content (AvgIpc) is 2.77. The van der Waals surface area contributed by atoms with Crippen molar-refractivity contribution in [2.45, 2.75) is 6.92 Å². The average molecular weight is 263 g/mol. The van der Waals surface area contributed by atoms with Gasteiger partial charge in [0.15, 0.2) is 0 Å². The third kappa shape index (κ3) is 2.49. The zero-order valence-corrected chi connectivity index (χ0v) is 9.78. The van der Waals surface area contributed by atoms with Gasteiger partial charge in [-0.2, -0.15) is 0 Å². The van der Waals surface area contributed by atoms with Crippen LogP contribution < -0.4 is 11.1 Å². The van der Waals surface area contributed by atoms with E-state index in [-0.39, 0.29) is 17.2 Å². The van der Waals surface area contributed by atoms with Crippen LogP contribution in [0.25, 0.3) is 0 Å². The van der Waals surface area contributed by atoms with Crippen molar-refractivity contribution in [2.75, 3.05) is 11.1 Å². The number of nitrogens with one attached hydrogen (secondary N) is 1. The van der Waals surface area contributed by atoms with E-state index in [1.54, 1.807) is 6.92 Å². The van der Waals surface area contributed by atoms with Gasteiger partial charge >= 0.3 is 0 Å². The molecule has 1 aromatic carbocycles. The highest BCUT2D eigenvalue weighted by molar-refractivity contribution is 6.05. The summed E-state index contributed by atoms with van der Waals surface area (Å²) in [6.45, 7) is 1.63. The van der Waals surface area contributed by atoms with E-state index in [4.69, 9.17) is 5.73 Å². The molecule has 9 heteroatoms. The Labute approximate surface area is 106 Å². The summed E-state index contributed by atoms with van der Waals surface area (Å²) in [6.07, 6.45) is 0. The van der Waals surface area contributed by atoms with E-state index in [1.807, 2.05) is 0 Å². The molecule has 0 radical (unpaired) electrons. The van der Waals surface area contributed by atoms with Crippen LogP contribution in [-0.2, 0) is 0 Å². The normalized spacial score (nSPS) is 10.2. The van der Waals surface area contributed by atoms with Gasteiger partial charge in [-0.25, -0.2) is 4.63 Å². The van der Waals surface area contributed by atoms with Crippen molar-refractivity contribution in [2.24, 2.45) is 0 Å². The Balaban J connectivity index is 2.23. The molecule has 2 rings (SSSR count). The summed E-state index contributed by atoms with van der Waals surface area (Å²) in [5.41, 5.74) is 6.14. The molecule has 0 bridgehead atoms. The highest BCUT2D eigenvalue weighted by Gasteiger charge is 2.17. The monoisotopic (exact) mass is 263 g/mol. The summed E-state index contributed by atoms with van der Waals surface area (Å²) in [5.74, 6) is -0.729. The number of hydrogen-bond donors (Lipinski definition) is 2. The first-order valence-corrected chi connectivity index (χ1v) is 5.13. The molecule has 19 heavy (non-hydrogen) atoms. The van der Waals surface area contributed by atoms with E-state index in [1.165, 1.54) is 18.2 Å². The smallest absolute Gasteiger partial charge is 0.281 e. The van der Waals surface area contributed by atoms with E-state index >= 15 is 0 Å². The Morgan fingerprint density at radius 3 is 2.74 bits per heavy atom. The molecule has 0 aliphatic heterocycles. The van der Waals surface area contributed by atoms with Crippen LogP contribution in [0.1, 0.15) is 16.1 Å². The number of rotatable bonds is 3. The summed E-state index contributed by atoms with van der Waals surface area (Å²) in [5, 5.41) is 19.7. The van der Waals surface area contributed by atoms with Gasteiger partial charge in [0.1, 0.15) is 0 Å². The van der Waals surface area contributed by atoms with E-state index in [9.17, 15) is 14.9 Å². The SMILES string of the molecule is Cc1cc([N+](=O)[O-])ccc1NC(=O)c1nonc1N. The van der Waals surface area contributed by atoms with Crippen LogP contribution in [-0.4, -0.2) is 21.1 Å². The minimum Gasteiger partial charge on any atom is -0.379 e. The van der Waals surface area contributed by atoms with Gasteiger partial charge < -0.3 is 11.1 Å². The maximum atomic E-state index is 11.8. The molecule has 9 nitrogen and oxygen atoms in total. The molecule has 0 saturated carbocycles. The van der Waals surface area contributed by atoms with Crippen LogP contribution in [0.15, 0.2) is 22.8 Å². The number of carbonyl (C=O) groups is 1. The van der Waals surface area contributed by atoms with Gasteiger partial charge in [-0.15, -0.1) is 0 Å². The molecule has 0 spiro atoms. The molecule has 3 N–H and O–H groups in total. The molecule has 0 saturated heterocycles. The van der Waals surface area contributed by atoms with Gasteiger partial charge in [-0.3, -0.25) is 14.9 Å². The number of anilines is 2. The number of nitrogen functional groups attached to an aromatic ring is 1. The quantitative estimate of drug-likeness (QED) is 0.625. The predicted molar refractivity (Wildman–Crippen MR) is 64.5 cm³/mol. The third-order valence-electron chi connectivity index (χ3n) is 2.40. The van der Waals surface area contributed by atoms with Crippen molar-refractivity contribution in [1.29, 1.82) is 0 Å². The molecular formula is C10H9N5O4. The predicted octanol–water partition coefficient (Wildman–Crippen LogP) is 1.12. The summed E-state index contributed by atoms with van der Waals surface area (Å²) in [6, 6.07) is 4.06. The maximum Gasteiger partial charge on any atom is 0.281 e. The molecule has 2 aromatic rings. The van der Waals surface area contributed by atoms with Crippen molar-refractivity contribution in [1.82, 2.24) is 10.3 Å². The minimum absolute atomic E-state index is 0.0573. The Morgan fingerprint density at radius 1 is 1.47 bits per heavy atom. The molecule has 98 valence electrons. The van der Waals surface area contributed by atoms with Gasteiger partial charge in [0.05, 0.1) is 4.92 Å². The number of aryl methyl sites for hydroxylation is 1. The van der Waals surface area contributed by atoms with E-state index in [2.05, 4.69) is 20.3 Å². The van der Waals surface area contributed by atoms with Gasteiger partial charge in [-0.1, -0.05) is 0 Å². The van der Waals surface area contributed by atoms with Crippen molar-refractivity contribution in [3.05, 3.63) is 39.6 Å². The van der Waals surface area contributed by atoms with Crippen LogP contribution in [0, 0.1) is 17.0 Å². The number of nitrogens with zero attached hydrogens (tertiary/aromatic N) is 3. The van der Waals surface area contributed by atoms with Gasteiger partial charge in [-0.05, 0) is 28.9 Å². The number of nitro benzene ring substituents is 1. The number of amides is 1. The highest BCUT2D eigenvalue weighted by Crippen LogP contribution is 2.21. The Morgan fingerprint density at radius 2 is 2.21 bits per heavy atom. The van der Waals surface area contributed by atoms with Crippen LogP contribution in [0.2, 0.25) is 0 Å². The fraction of sp³-hybridized carbons (Fsp3) is 0.100. The number of nitro groups is 1. The molecule has 1 amide bonds. The number of hydrogen-bond acceptors (Lipinski definition) is 7. The molecule has 0 aliphatic carbocycles. The number of benzene rings is 1. The van der Waals surface area contributed by atoms with Crippen molar-refractivity contribution in [3.8, 4) is 0 Å². The topological polar surface area (TPSA) is 137 Å². The van der Waals surface area contributed by atoms with Crippen LogP contribution in [0.4, 0.5) is 17.2 Å². The highest BCUT2D eigenvalue weighted by atomic mass is 16.6. The molecule has 0 aliphatic rings. The van der Waals surface area contributed by atoms with Gasteiger partial charge in [0.2, 0.25) is 11.5 Å². The lowest BCUT2D eigenvalue weighted by atomic mass is 10.1. The van der Waals surface area contributed by atoms with Gasteiger partial charge in [0.25, 0.3) is 11.6 Å². The fourth-order valence-electron chi connectivity index (χ4n) is 1.44. The van der Waals surface area contributed by atoms with Crippen LogP contribution in [0.5, 0.6) is 0 Å². The van der Waals surface area contributed by atoms with E-state index in [0.717, 1.165) is 0 Å². The maximum absolute atomic E-state index is 11.8. The molecule has 0 atom stereocenters. The summed E-state index contributed by atoms with van der Waals surface area (Å²) in [7, 11) is 0. The molecular weight excluding hydrogens is 254 g/mol. The van der Waals surface area contributed by atoms with Crippen molar-refractivity contribution < 1.29 is 14.3 Å². The molecule has 0 unspecified atom stereocenters. The second-order valence-electron chi connectivity index (χ2n) is 3.71. The molecule has 1 aromatic heterocycles. The largest absolute Gasteiger partial charge is 0.379 e. The Kier molecular flexibility index (Phi) is 3.10. The number of carbonyl (C=O) groups excluding carboxylic acids is 1. The number of non-ortho nitro benzene ring substituents is 1. The van der Waals surface area contributed by atoms with Crippen LogP contribution in [0.3, 0.4) is 0 Å². The zero-order chi connectivity index (χ0) is 14.0. The molecule has 0 fully saturated rings. The number of nitrogens with two attached hydrogens (primary N) is 1. The van der Waals surface area contributed by atoms with Crippen molar-refractivity contribution in [3.63, 3.8) is 0 Å². The second-order valence-corrected chi connectivity index (χ2v) is 3.71. The summed E-state index contributed by atoms with van der Waals surface area (Å²) >= 11 is 0. The summed E-state index contributed by atoms with van der Waals surface area (Å²) < 4.78 is 4.31. The van der Waals surface area contributed by atoms with E-state index in [0.29, 0.717) is 11.3 Å². The number of aromatic nitrogens is 2. The lowest BCUT2D eigenvalue weighted by Crippen LogP contribution is -2.15. The third-order valence-corrected chi connectivity index (χ3v) is 2.40. The minimum atomic E-state index is -0.601. The van der Waals surface area contributed by atoms with Crippen molar-refractivity contribution >= 4 is 23.1 Å².